The van der Waals surface area contributed by atoms with Gasteiger partial charge in [-0.25, -0.2) is 9.97 Å². The van der Waals surface area contributed by atoms with Crippen molar-refractivity contribution < 1.29 is 4.74 Å². The molecule has 2 aliphatic rings. The number of likely N-dealkylation sites (tertiary alicyclic amines) is 1. The maximum atomic E-state index is 5.54. The Morgan fingerprint density at radius 1 is 1.07 bits per heavy atom. The fraction of sp³-hybridized carbons (Fsp3) is 0.429. The van der Waals surface area contributed by atoms with Gasteiger partial charge in [0, 0.05) is 30.0 Å². The lowest BCUT2D eigenvalue weighted by Gasteiger charge is -2.31. The van der Waals surface area contributed by atoms with Crippen molar-refractivity contribution in [2.24, 2.45) is 0 Å². The molecular formula is C21H25N5O. The number of nitrogens with one attached hydrogen (secondary N) is 1. The number of fused-ring (bicyclic) bond motifs is 1. The standard InChI is InChI=1S/C21H25N5O/c1-27-21-18-19(23-16-5-3-2-4-6-16)24-20(26(18)14-11-22-21)15-9-12-25(13-10-15)17-7-8-17/h2-6,11,14-15,17,23H,7-10,12-13H2,1H3. The molecule has 1 saturated heterocycles. The fourth-order valence-electron chi connectivity index (χ4n) is 4.18. The first-order valence-corrected chi connectivity index (χ1v) is 9.80. The number of ether oxygens (including phenoxy) is 1. The number of anilines is 2. The van der Waals surface area contributed by atoms with Crippen LogP contribution in [-0.4, -0.2) is 45.5 Å². The average Bonchev–Trinajstić information content (AvgIpc) is 3.51. The number of para-hydroxylation sites is 1. The monoisotopic (exact) mass is 363 g/mol. The summed E-state index contributed by atoms with van der Waals surface area (Å²) in [7, 11) is 1.66. The van der Waals surface area contributed by atoms with Crippen molar-refractivity contribution in [2.45, 2.75) is 37.6 Å². The quantitative estimate of drug-likeness (QED) is 0.747. The molecule has 0 atom stereocenters. The van der Waals surface area contributed by atoms with Gasteiger partial charge in [0.15, 0.2) is 11.3 Å². The van der Waals surface area contributed by atoms with Crippen molar-refractivity contribution in [1.82, 2.24) is 19.3 Å². The van der Waals surface area contributed by atoms with Crippen LogP contribution in [0.2, 0.25) is 0 Å². The van der Waals surface area contributed by atoms with E-state index in [0.717, 1.165) is 41.7 Å². The predicted octanol–water partition coefficient (Wildman–Crippen LogP) is 3.82. The second-order valence-corrected chi connectivity index (χ2v) is 7.51. The Kier molecular flexibility index (Phi) is 4.20. The Morgan fingerprint density at radius 2 is 1.85 bits per heavy atom. The molecular weight excluding hydrogens is 338 g/mol. The van der Waals surface area contributed by atoms with E-state index in [2.05, 4.69) is 19.6 Å². The lowest BCUT2D eigenvalue weighted by atomic mass is 9.96. The van der Waals surface area contributed by atoms with Crippen LogP contribution in [0, 0.1) is 0 Å². The lowest BCUT2D eigenvalue weighted by molar-refractivity contribution is 0.200. The van der Waals surface area contributed by atoms with Crippen LogP contribution < -0.4 is 10.1 Å². The normalized spacial score (nSPS) is 18.7. The van der Waals surface area contributed by atoms with Gasteiger partial charge in [0.05, 0.1) is 7.11 Å². The van der Waals surface area contributed by atoms with Gasteiger partial charge in [-0.15, -0.1) is 0 Å². The molecule has 27 heavy (non-hydrogen) atoms. The summed E-state index contributed by atoms with van der Waals surface area (Å²) in [5.74, 6) is 2.99. The highest BCUT2D eigenvalue weighted by Crippen LogP contribution is 2.37. The number of nitrogens with zero attached hydrogens (tertiary/aromatic N) is 4. The van der Waals surface area contributed by atoms with Crippen molar-refractivity contribution in [3.8, 4) is 5.88 Å². The van der Waals surface area contributed by atoms with Crippen molar-refractivity contribution >= 4 is 17.0 Å². The molecule has 2 aromatic heterocycles. The van der Waals surface area contributed by atoms with Gasteiger partial charge < -0.3 is 15.0 Å². The third-order valence-corrected chi connectivity index (χ3v) is 5.74. The van der Waals surface area contributed by atoms with Crippen LogP contribution in [0.4, 0.5) is 11.5 Å². The SMILES string of the molecule is COc1nccn2c(C3CCN(C4CC4)CC3)nc(Nc3ccccc3)c12. The number of methoxy groups -OCH3 is 1. The van der Waals surface area contributed by atoms with Crippen molar-refractivity contribution in [2.75, 3.05) is 25.5 Å². The van der Waals surface area contributed by atoms with Gasteiger partial charge in [-0.3, -0.25) is 4.40 Å². The Labute approximate surface area is 159 Å². The Bertz CT molecular complexity index is 926. The van der Waals surface area contributed by atoms with E-state index in [0.29, 0.717) is 11.8 Å². The molecule has 1 N–H and O–H groups in total. The zero-order valence-corrected chi connectivity index (χ0v) is 15.6. The molecule has 3 heterocycles. The van der Waals surface area contributed by atoms with Crippen LogP contribution in [0.25, 0.3) is 5.52 Å². The molecule has 1 aliphatic heterocycles. The highest BCUT2D eigenvalue weighted by atomic mass is 16.5. The summed E-state index contributed by atoms with van der Waals surface area (Å²) >= 11 is 0. The van der Waals surface area contributed by atoms with Gasteiger partial charge in [-0.2, -0.15) is 0 Å². The minimum Gasteiger partial charge on any atom is -0.479 e. The molecule has 1 aromatic carbocycles. The Balaban J connectivity index is 1.50. The molecule has 0 unspecified atom stereocenters. The number of aromatic nitrogens is 3. The zero-order chi connectivity index (χ0) is 18.2. The number of rotatable bonds is 5. The highest BCUT2D eigenvalue weighted by Gasteiger charge is 2.33. The fourth-order valence-corrected chi connectivity index (χ4v) is 4.18. The summed E-state index contributed by atoms with van der Waals surface area (Å²) in [5.41, 5.74) is 1.92. The number of benzene rings is 1. The van der Waals surface area contributed by atoms with Crippen LogP contribution >= 0.6 is 0 Å². The van der Waals surface area contributed by atoms with Gasteiger partial charge in [0.1, 0.15) is 5.82 Å². The first-order valence-electron chi connectivity index (χ1n) is 9.80. The van der Waals surface area contributed by atoms with E-state index >= 15 is 0 Å². The first kappa shape index (κ1) is 16.6. The Morgan fingerprint density at radius 3 is 2.56 bits per heavy atom. The average molecular weight is 363 g/mol. The summed E-state index contributed by atoms with van der Waals surface area (Å²) in [5, 5.41) is 3.46. The van der Waals surface area contributed by atoms with Gasteiger partial charge in [-0.05, 0) is 50.9 Å². The van der Waals surface area contributed by atoms with Crippen molar-refractivity contribution in [3.63, 3.8) is 0 Å². The molecule has 0 spiro atoms. The van der Waals surface area contributed by atoms with E-state index in [1.807, 2.05) is 36.5 Å². The zero-order valence-electron chi connectivity index (χ0n) is 15.6. The molecule has 1 aliphatic carbocycles. The smallest absolute Gasteiger partial charge is 0.242 e. The van der Waals surface area contributed by atoms with Gasteiger partial charge >= 0.3 is 0 Å². The van der Waals surface area contributed by atoms with Gasteiger partial charge in [0.25, 0.3) is 0 Å². The molecule has 140 valence electrons. The molecule has 0 bridgehead atoms. The summed E-state index contributed by atoms with van der Waals surface area (Å²) in [6.45, 7) is 2.35. The first-order chi connectivity index (χ1) is 13.3. The third kappa shape index (κ3) is 3.14. The summed E-state index contributed by atoms with van der Waals surface area (Å²) in [4.78, 5) is 12.1. The Hall–Kier alpha value is -2.60. The summed E-state index contributed by atoms with van der Waals surface area (Å²) in [6, 6.07) is 11.0. The molecule has 0 radical (unpaired) electrons. The number of hydrogen-bond donors (Lipinski definition) is 1. The van der Waals surface area contributed by atoms with Crippen molar-refractivity contribution in [3.05, 3.63) is 48.5 Å². The van der Waals surface area contributed by atoms with E-state index in [1.54, 1.807) is 13.3 Å². The van der Waals surface area contributed by atoms with Gasteiger partial charge in [0.2, 0.25) is 5.88 Å². The molecule has 2 fully saturated rings. The minimum atomic E-state index is 0.464. The topological polar surface area (TPSA) is 54.7 Å². The predicted molar refractivity (Wildman–Crippen MR) is 106 cm³/mol. The van der Waals surface area contributed by atoms with Crippen LogP contribution in [0.1, 0.15) is 37.4 Å². The molecule has 1 saturated carbocycles. The number of imidazole rings is 1. The molecule has 6 heteroatoms. The van der Waals surface area contributed by atoms with Crippen LogP contribution in [-0.2, 0) is 0 Å². The summed E-state index contributed by atoms with van der Waals surface area (Å²) in [6.07, 6.45) is 8.87. The van der Waals surface area contributed by atoms with Crippen LogP contribution in [0.15, 0.2) is 42.7 Å². The third-order valence-electron chi connectivity index (χ3n) is 5.74. The largest absolute Gasteiger partial charge is 0.479 e. The highest BCUT2D eigenvalue weighted by molar-refractivity contribution is 5.78. The molecule has 0 amide bonds. The van der Waals surface area contributed by atoms with Gasteiger partial charge in [-0.1, -0.05) is 18.2 Å². The molecule has 3 aromatic rings. The van der Waals surface area contributed by atoms with E-state index in [1.165, 1.54) is 25.9 Å². The maximum Gasteiger partial charge on any atom is 0.242 e. The van der Waals surface area contributed by atoms with Crippen LogP contribution in [0.5, 0.6) is 5.88 Å². The number of hydrogen-bond acceptors (Lipinski definition) is 5. The second kappa shape index (κ2) is 6.85. The number of piperidine rings is 1. The van der Waals surface area contributed by atoms with E-state index in [9.17, 15) is 0 Å². The van der Waals surface area contributed by atoms with Crippen molar-refractivity contribution in [1.29, 1.82) is 0 Å². The lowest BCUT2D eigenvalue weighted by Crippen LogP contribution is -2.35. The van der Waals surface area contributed by atoms with E-state index in [-0.39, 0.29) is 0 Å². The summed E-state index contributed by atoms with van der Waals surface area (Å²) < 4.78 is 7.70. The second-order valence-electron chi connectivity index (χ2n) is 7.51. The van der Waals surface area contributed by atoms with Crippen LogP contribution in [0.3, 0.4) is 0 Å². The van der Waals surface area contributed by atoms with E-state index in [4.69, 9.17) is 9.72 Å². The minimum absolute atomic E-state index is 0.464. The van der Waals surface area contributed by atoms with E-state index < -0.39 is 0 Å². The maximum absolute atomic E-state index is 5.54. The molecule has 6 nitrogen and oxygen atoms in total. The molecule has 5 rings (SSSR count).